The predicted molar refractivity (Wildman–Crippen MR) is 125 cm³/mol. The number of hydrogen-bond donors (Lipinski definition) is 0. The summed E-state index contributed by atoms with van der Waals surface area (Å²) in [6.45, 7) is 2.05. The lowest BCUT2D eigenvalue weighted by Crippen LogP contribution is -2.47. The standard InChI is InChI=1S/C25H26F2N4O4/c1-17-5-3-4-6-19(17)24-28-22(35-29-24)16-30-11-13-31(14-12-30)23(32)10-8-18-7-9-20(34-25(26)27)21(15-18)33-2/h3-10,15,25H,11-14,16H2,1-2H3. The SMILES string of the molecule is COc1cc(C=CC(=O)N2CCN(Cc3nc(-c4ccccc4C)no3)CC2)ccc1OC(F)F. The number of alkyl halides is 2. The third-order valence-corrected chi connectivity index (χ3v) is 5.72. The highest BCUT2D eigenvalue weighted by atomic mass is 19.3. The number of carbonyl (C=O) groups excluding carboxylic acids is 1. The molecule has 1 amide bonds. The summed E-state index contributed by atoms with van der Waals surface area (Å²) in [5.41, 5.74) is 2.66. The van der Waals surface area contributed by atoms with E-state index in [9.17, 15) is 13.6 Å². The minimum atomic E-state index is -2.94. The maximum absolute atomic E-state index is 12.6. The van der Waals surface area contributed by atoms with Gasteiger partial charge in [0.1, 0.15) is 0 Å². The van der Waals surface area contributed by atoms with Crippen molar-refractivity contribution in [3.8, 4) is 22.9 Å². The van der Waals surface area contributed by atoms with E-state index in [1.165, 1.54) is 25.3 Å². The molecule has 1 fully saturated rings. The maximum Gasteiger partial charge on any atom is 0.387 e. The lowest BCUT2D eigenvalue weighted by molar-refractivity contribution is -0.127. The Hall–Kier alpha value is -3.79. The van der Waals surface area contributed by atoms with E-state index < -0.39 is 6.61 Å². The summed E-state index contributed by atoms with van der Waals surface area (Å²) in [5.74, 6) is 1.09. The zero-order chi connectivity index (χ0) is 24.8. The first-order valence-electron chi connectivity index (χ1n) is 11.1. The summed E-state index contributed by atoms with van der Waals surface area (Å²) in [5, 5.41) is 4.10. The molecule has 184 valence electrons. The molecule has 2 heterocycles. The molecule has 35 heavy (non-hydrogen) atoms. The number of piperazine rings is 1. The number of halogens is 2. The van der Waals surface area contributed by atoms with Crippen LogP contribution in [0.5, 0.6) is 11.5 Å². The van der Waals surface area contributed by atoms with E-state index in [2.05, 4.69) is 19.8 Å². The van der Waals surface area contributed by atoms with Gasteiger partial charge in [0.2, 0.25) is 17.6 Å². The Kier molecular flexibility index (Phi) is 7.71. The summed E-state index contributed by atoms with van der Waals surface area (Å²) in [4.78, 5) is 21.1. The minimum absolute atomic E-state index is 0.0608. The summed E-state index contributed by atoms with van der Waals surface area (Å²) in [7, 11) is 1.36. The normalized spacial score (nSPS) is 14.6. The van der Waals surface area contributed by atoms with Crippen LogP contribution in [0, 0.1) is 6.92 Å². The van der Waals surface area contributed by atoms with Crippen molar-refractivity contribution in [1.29, 1.82) is 0 Å². The summed E-state index contributed by atoms with van der Waals surface area (Å²) < 4.78 is 39.9. The molecule has 0 aliphatic carbocycles. The second-order valence-electron chi connectivity index (χ2n) is 8.05. The fraction of sp³-hybridized carbons (Fsp3) is 0.320. The zero-order valence-electron chi connectivity index (χ0n) is 19.5. The molecule has 0 N–H and O–H groups in total. The topological polar surface area (TPSA) is 80.9 Å². The Bertz CT molecular complexity index is 1190. The fourth-order valence-corrected chi connectivity index (χ4v) is 3.82. The number of carbonyl (C=O) groups is 1. The second kappa shape index (κ2) is 11.1. The first kappa shape index (κ1) is 24.3. The van der Waals surface area contributed by atoms with Gasteiger partial charge in [-0.05, 0) is 36.3 Å². The highest BCUT2D eigenvalue weighted by Crippen LogP contribution is 2.30. The van der Waals surface area contributed by atoms with Crippen molar-refractivity contribution >= 4 is 12.0 Å². The molecule has 0 unspecified atom stereocenters. The van der Waals surface area contributed by atoms with Gasteiger partial charge in [-0.25, -0.2) is 0 Å². The van der Waals surface area contributed by atoms with E-state index in [-0.39, 0.29) is 17.4 Å². The average molecular weight is 485 g/mol. The van der Waals surface area contributed by atoms with Crippen LogP contribution in [0.25, 0.3) is 17.5 Å². The molecule has 0 spiro atoms. The third-order valence-electron chi connectivity index (χ3n) is 5.72. The fourth-order valence-electron chi connectivity index (χ4n) is 3.82. The van der Waals surface area contributed by atoms with Crippen LogP contribution in [0.3, 0.4) is 0 Å². The van der Waals surface area contributed by atoms with Gasteiger partial charge in [-0.2, -0.15) is 13.8 Å². The highest BCUT2D eigenvalue weighted by molar-refractivity contribution is 5.92. The number of methoxy groups -OCH3 is 1. The molecular weight excluding hydrogens is 458 g/mol. The largest absolute Gasteiger partial charge is 0.493 e. The van der Waals surface area contributed by atoms with Crippen LogP contribution < -0.4 is 9.47 Å². The molecule has 0 atom stereocenters. The molecule has 3 aromatic rings. The van der Waals surface area contributed by atoms with Crippen molar-refractivity contribution in [3.05, 3.63) is 65.6 Å². The first-order chi connectivity index (χ1) is 16.9. The van der Waals surface area contributed by atoms with Crippen molar-refractivity contribution in [2.45, 2.75) is 20.1 Å². The number of amides is 1. The van der Waals surface area contributed by atoms with Gasteiger partial charge in [-0.3, -0.25) is 9.69 Å². The molecule has 1 aromatic heterocycles. The van der Waals surface area contributed by atoms with Crippen molar-refractivity contribution in [3.63, 3.8) is 0 Å². The van der Waals surface area contributed by atoms with Crippen LogP contribution >= 0.6 is 0 Å². The molecule has 1 saturated heterocycles. The van der Waals surface area contributed by atoms with Crippen molar-refractivity contribution in [2.24, 2.45) is 0 Å². The molecule has 8 nitrogen and oxygen atoms in total. The van der Waals surface area contributed by atoms with Gasteiger partial charge in [0.15, 0.2) is 11.5 Å². The maximum atomic E-state index is 12.6. The van der Waals surface area contributed by atoms with Crippen LogP contribution in [0.1, 0.15) is 17.0 Å². The van der Waals surface area contributed by atoms with Gasteiger partial charge in [-0.1, -0.05) is 35.5 Å². The monoisotopic (exact) mass is 484 g/mol. The predicted octanol–water partition coefficient (Wildman–Crippen LogP) is 4.01. The summed E-state index contributed by atoms with van der Waals surface area (Å²) in [6.07, 6.45) is 3.08. The van der Waals surface area contributed by atoms with Crippen LogP contribution in [-0.2, 0) is 11.3 Å². The van der Waals surface area contributed by atoms with E-state index in [4.69, 9.17) is 9.26 Å². The van der Waals surface area contributed by atoms with Crippen molar-refractivity contribution in [1.82, 2.24) is 19.9 Å². The molecule has 2 aromatic carbocycles. The quantitative estimate of drug-likeness (QED) is 0.447. The van der Waals surface area contributed by atoms with Gasteiger partial charge in [0.05, 0.1) is 13.7 Å². The Morgan fingerprint density at radius 1 is 1.14 bits per heavy atom. The van der Waals surface area contributed by atoms with E-state index in [0.717, 1.165) is 11.1 Å². The van der Waals surface area contributed by atoms with Gasteiger partial charge >= 0.3 is 6.61 Å². The number of nitrogens with zero attached hydrogens (tertiary/aromatic N) is 4. The van der Waals surface area contributed by atoms with Crippen LogP contribution in [-0.4, -0.2) is 65.7 Å². The van der Waals surface area contributed by atoms with E-state index >= 15 is 0 Å². The number of rotatable bonds is 8. The van der Waals surface area contributed by atoms with E-state index in [1.54, 1.807) is 17.0 Å². The van der Waals surface area contributed by atoms with Gasteiger partial charge in [0.25, 0.3) is 0 Å². The van der Waals surface area contributed by atoms with E-state index in [0.29, 0.717) is 50.0 Å². The van der Waals surface area contributed by atoms with Gasteiger partial charge in [-0.15, -0.1) is 0 Å². The average Bonchev–Trinajstić information content (AvgIpc) is 3.31. The Balaban J connectivity index is 1.29. The number of hydrogen-bond acceptors (Lipinski definition) is 7. The highest BCUT2D eigenvalue weighted by Gasteiger charge is 2.22. The molecule has 4 rings (SSSR count). The molecular formula is C25H26F2N4O4. The number of ether oxygens (including phenoxy) is 2. The molecule has 0 radical (unpaired) electrons. The van der Waals surface area contributed by atoms with Crippen molar-refractivity contribution in [2.75, 3.05) is 33.3 Å². The van der Waals surface area contributed by atoms with Crippen LogP contribution in [0.4, 0.5) is 8.78 Å². The second-order valence-corrected chi connectivity index (χ2v) is 8.05. The number of aryl methyl sites for hydroxylation is 1. The molecule has 0 saturated carbocycles. The van der Waals surface area contributed by atoms with E-state index in [1.807, 2.05) is 31.2 Å². The summed E-state index contributed by atoms with van der Waals surface area (Å²) >= 11 is 0. The Morgan fingerprint density at radius 2 is 1.91 bits per heavy atom. The number of benzene rings is 2. The van der Waals surface area contributed by atoms with Crippen molar-refractivity contribution < 1.29 is 27.6 Å². The third kappa shape index (κ3) is 6.21. The number of aromatic nitrogens is 2. The smallest absolute Gasteiger partial charge is 0.387 e. The molecule has 1 aliphatic rings. The first-order valence-corrected chi connectivity index (χ1v) is 11.1. The van der Waals surface area contributed by atoms with Crippen LogP contribution in [0.15, 0.2) is 53.1 Å². The van der Waals surface area contributed by atoms with Gasteiger partial charge < -0.3 is 18.9 Å². The lowest BCUT2D eigenvalue weighted by Gasteiger charge is -2.33. The summed E-state index contributed by atoms with van der Waals surface area (Å²) in [6, 6.07) is 12.4. The Labute approximate surface area is 201 Å². The molecule has 0 bridgehead atoms. The lowest BCUT2D eigenvalue weighted by atomic mass is 10.1. The zero-order valence-corrected chi connectivity index (χ0v) is 19.5. The Morgan fingerprint density at radius 3 is 2.63 bits per heavy atom. The van der Waals surface area contributed by atoms with Crippen LogP contribution in [0.2, 0.25) is 0 Å². The minimum Gasteiger partial charge on any atom is -0.493 e. The molecule has 1 aliphatic heterocycles. The van der Waals surface area contributed by atoms with Gasteiger partial charge in [0, 0.05) is 37.8 Å². The molecule has 10 heteroatoms.